The first kappa shape index (κ1) is 23.3. The van der Waals surface area contributed by atoms with Crippen LogP contribution >= 0.6 is 34.5 Å². The maximum Gasteiger partial charge on any atom is 0.263 e. The molecule has 1 atom stereocenters. The lowest BCUT2D eigenvalue weighted by atomic mass is 10.3. The second-order valence-corrected chi connectivity index (χ2v) is 8.23. The van der Waals surface area contributed by atoms with E-state index in [2.05, 4.69) is 4.90 Å². The maximum atomic E-state index is 12.5. The third kappa shape index (κ3) is 6.51. The van der Waals surface area contributed by atoms with Crippen molar-refractivity contribution in [2.45, 2.75) is 12.5 Å². The van der Waals surface area contributed by atoms with Gasteiger partial charge in [-0.05, 0) is 36.5 Å². The van der Waals surface area contributed by atoms with E-state index in [1.807, 2.05) is 22.4 Å². The predicted molar refractivity (Wildman–Crippen MR) is 109 cm³/mol. The zero-order valence-electron chi connectivity index (χ0n) is 15.2. The first-order valence-electron chi connectivity index (χ1n) is 8.84. The van der Waals surface area contributed by atoms with E-state index >= 15 is 0 Å². The zero-order valence-corrected chi connectivity index (χ0v) is 18.3. The fourth-order valence-corrected chi connectivity index (χ4v) is 4.00. The number of β-amino-alcohol motifs (C(OH)–C–C–N with tert-alkyl or cyclic N) is 1. The summed E-state index contributed by atoms with van der Waals surface area (Å²) < 4.78 is 5.60. The Balaban J connectivity index is 0.00000280. The Morgan fingerprint density at radius 3 is 2.71 bits per heavy atom. The van der Waals surface area contributed by atoms with Crippen LogP contribution in [0.1, 0.15) is 16.1 Å². The molecule has 2 aromatic rings. The normalized spacial score (nSPS) is 16.2. The molecule has 1 amide bonds. The summed E-state index contributed by atoms with van der Waals surface area (Å²) in [6.45, 7) is 3.66. The summed E-state index contributed by atoms with van der Waals surface area (Å²) in [5.74, 6) is 0.669. The van der Waals surface area contributed by atoms with E-state index in [-0.39, 0.29) is 24.9 Å². The number of benzene rings is 1. The second kappa shape index (κ2) is 11.2. The minimum absolute atomic E-state index is 0. The Kier molecular flexibility index (Phi) is 9.34. The molecule has 1 fully saturated rings. The van der Waals surface area contributed by atoms with Crippen molar-refractivity contribution in [2.24, 2.45) is 0 Å². The Labute approximate surface area is 185 Å². The Bertz CT molecular complexity index is 761. The third-order valence-electron chi connectivity index (χ3n) is 4.41. The molecule has 0 saturated carbocycles. The monoisotopic (exact) mass is 463 g/mol. The summed E-state index contributed by atoms with van der Waals surface area (Å²) in [6.07, 6.45) is 0.260. The number of amides is 1. The number of ether oxygens (including phenoxy) is 1. The van der Waals surface area contributed by atoms with Gasteiger partial charge in [0, 0.05) is 32.2 Å². The van der Waals surface area contributed by atoms with Crippen molar-refractivity contribution in [3.63, 3.8) is 0 Å². The second-order valence-electron chi connectivity index (χ2n) is 6.46. The largest absolute Gasteiger partial charge is 1.00 e. The molecule has 154 valence electrons. The van der Waals surface area contributed by atoms with E-state index in [1.165, 1.54) is 11.3 Å². The van der Waals surface area contributed by atoms with Gasteiger partial charge in [0.05, 0.1) is 14.9 Å². The molecule has 0 radical (unpaired) electrons. The van der Waals surface area contributed by atoms with Crippen molar-refractivity contribution in [3.05, 3.63) is 50.6 Å². The molecule has 0 spiro atoms. The Morgan fingerprint density at radius 2 is 2.00 bits per heavy atom. The number of aliphatic hydroxyl groups excluding tert-OH is 1. The number of halogens is 3. The fraction of sp³-hybridized carbons (Fsp3) is 0.421. The maximum absolute atomic E-state index is 12.5. The van der Waals surface area contributed by atoms with Crippen LogP contribution in [-0.2, 0) is 0 Å². The highest BCUT2D eigenvalue weighted by molar-refractivity contribution is 7.12. The molecule has 1 aliphatic heterocycles. The SMILES string of the molecule is O=C(c1cccs1)N1CCCN(CC(O)COc2ccc(Cl)c(Cl)c2)CC1.[Cl-]. The highest BCUT2D eigenvalue weighted by atomic mass is 35.5. The third-order valence-corrected chi connectivity index (χ3v) is 6.01. The van der Waals surface area contributed by atoms with Crippen LogP contribution < -0.4 is 17.1 Å². The smallest absolute Gasteiger partial charge is 0.263 e. The summed E-state index contributed by atoms with van der Waals surface area (Å²) in [7, 11) is 0. The standard InChI is InChI=1S/C19H22Cl2N2O3S.ClH/c20-16-5-4-15(11-17(16)21)26-13-14(24)12-22-6-2-7-23(9-8-22)19(25)18-3-1-10-27-18;/h1,3-5,10-11,14,24H,2,6-9,12-13H2;1H/p-1. The molecule has 0 bridgehead atoms. The molecule has 5 nitrogen and oxygen atoms in total. The highest BCUT2D eigenvalue weighted by Gasteiger charge is 2.22. The minimum Gasteiger partial charge on any atom is -1.00 e. The van der Waals surface area contributed by atoms with E-state index in [0.29, 0.717) is 28.9 Å². The summed E-state index contributed by atoms with van der Waals surface area (Å²) in [6, 6.07) is 8.78. The number of carbonyl (C=O) groups excluding carboxylic acids is 1. The van der Waals surface area contributed by atoms with Crippen LogP contribution in [0.4, 0.5) is 0 Å². The lowest BCUT2D eigenvalue weighted by Gasteiger charge is -2.24. The first-order valence-corrected chi connectivity index (χ1v) is 10.5. The molecule has 2 heterocycles. The average Bonchev–Trinajstić information content (AvgIpc) is 3.09. The molecule has 28 heavy (non-hydrogen) atoms. The van der Waals surface area contributed by atoms with Gasteiger partial charge in [0.1, 0.15) is 18.5 Å². The zero-order chi connectivity index (χ0) is 19.2. The molecule has 9 heteroatoms. The van der Waals surface area contributed by atoms with Gasteiger partial charge in [0.25, 0.3) is 5.91 Å². The fourth-order valence-electron chi connectivity index (χ4n) is 3.02. The van der Waals surface area contributed by atoms with E-state index in [0.717, 1.165) is 30.9 Å². The van der Waals surface area contributed by atoms with Gasteiger partial charge in [-0.1, -0.05) is 29.3 Å². The average molecular weight is 465 g/mol. The number of carbonyl (C=O) groups is 1. The Hall–Kier alpha value is -1.02. The van der Waals surface area contributed by atoms with Crippen molar-refractivity contribution < 1.29 is 27.0 Å². The summed E-state index contributed by atoms with van der Waals surface area (Å²) in [5, 5.41) is 13.1. The molecule has 3 rings (SSSR count). The number of aliphatic hydroxyl groups is 1. The molecule has 1 aromatic carbocycles. The lowest BCUT2D eigenvalue weighted by molar-refractivity contribution is -0.0000176. The van der Waals surface area contributed by atoms with Crippen molar-refractivity contribution in [3.8, 4) is 5.75 Å². The summed E-state index contributed by atoms with van der Waals surface area (Å²) in [4.78, 5) is 17.3. The number of thiophene rings is 1. The Morgan fingerprint density at radius 1 is 1.18 bits per heavy atom. The topological polar surface area (TPSA) is 53.0 Å². The van der Waals surface area contributed by atoms with Gasteiger partial charge < -0.3 is 27.2 Å². The van der Waals surface area contributed by atoms with Gasteiger partial charge in [-0.25, -0.2) is 0 Å². The summed E-state index contributed by atoms with van der Waals surface area (Å²) in [5.41, 5.74) is 0. The number of hydrogen-bond acceptors (Lipinski definition) is 5. The van der Waals surface area contributed by atoms with Crippen LogP contribution in [-0.4, -0.2) is 66.2 Å². The van der Waals surface area contributed by atoms with Gasteiger partial charge in [0.15, 0.2) is 0 Å². The van der Waals surface area contributed by atoms with Crippen molar-refractivity contribution in [2.75, 3.05) is 39.3 Å². The first-order chi connectivity index (χ1) is 13.0. The van der Waals surface area contributed by atoms with Gasteiger partial charge in [-0.15, -0.1) is 11.3 Å². The van der Waals surface area contributed by atoms with Gasteiger partial charge in [0.2, 0.25) is 0 Å². The number of nitrogens with zero attached hydrogens (tertiary/aromatic N) is 2. The number of rotatable bonds is 6. The predicted octanol–water partition coefficient (Wildman–Crippen LogP) is 0.647. The van der Waals surface area contributed by atoms with Crippen LogP contribution in [0.3, 0.4) is 0 Å². The van der Waals surface area contributed by atoms with Crippen LogP contribution in [0.5, 0.6) is 5.75 Å². The quantitative estimate of drug-likeness (QED) is 0.682. The van der Waals surface area contributed by atoms with E-state index < -0.39 is 6.10 Å². The molecule has 1 N–H and O–H groups in total. The molecular weight excluding hydrogens is 443 g/mol. The van der Waals surface area contributed by atoms with E-state index in [4.69, 9.17) is 27.9 Å². The molecule has 1 saturated heterocycles. The van der Waals surface area contributed by atoms with Crippen LogP contribution in [0.15, 0.2) is 35.7 Å². The van der Waals surface area contributed by atoms with E-state index in [9.17, 15) is 9.90 Å². The van der Waals surface area contributed by atoms with E-state index in [1.54, 1.807) is 18.2 Å². The van der Waals surface area contributed by atoms with Gasteiger partial charge >= 0.3 is 0 Å². The highest BCUT2D eigenvalue weighted by Crippen LogP contribution is 2.26. The molecule has 1 unspecified atom stereocenters. The molecule has 1 aliphatic rings. The lowest BCUT2D eigenvalue weighted by Crippen LogP contribution is -3.00. The molecule has 0 aliphatic carbocycles. The van der Waals surface area contributed by atoms with Crippen molar-refractivity contribution in [1.29, 1.82) is 0 Å². The summed E-state index contributed by atoms with van der Waals surface area (Å²) >= 11 is 13.3. The van der Waals surface area contributed by atoms with Crippen molar-refractivity contribution >= 4 is 40.4 Å². The molecule has 1 aromatic heterocycles. The van der Waals surface area contributed by atoms with Crippen LogP contribution in [0.25, 0.3) is 0 Å². The van der Waals surface area contributed by atoms with Crippen LogP contribution in [0, 0.1) is 0 Å². The minimum atomic E-state index is -0.626. The number of hydrogen-bond donors (Lipinski definition) is 1. The molecular formula is C19H22Cl3N2O3S-. The van der Waals surface area contributed by atoms with Gasteiger partial charge in [-0.2, -0.15) is 0 Å². The van der Waals surface area contributed by atoms with Crippen LogP contribution in [0.2, 0.25) is 10.0 Å². The van der Waals surface area contributed by atoms with Gasteiger partial charge in [-0.3, -0.25) is 9.69 Å². The van der Waals surface area contributed by atoms with Crippen molar-refractivity contribution in [1.82, 2.24) is 9.80 Å².